The number of hydrogen-bond donors (Lipinski definition) is 1. The molecule has 0 radical (unpaired) electrons. The number of hydrogen-bond acceptors (Lipinski definition) is 3. The van der Waals surface area contributed by atoms with Gasteiger partial charge in [-0.1, -0.05) is 43.7 Å². The fourth-order valence-corrected chi connectivity index (χ4v) is 4.94. The SMILES string of the molecule is CCC1CN(C(=NC)NCCCN2CCCN(C)CC2)CCC1c1ccccc1. The van der Waals surface area contributed by atoms with Gasteiger partial charge in [-0.2, -0.15) is 0 Å². The molecule has 1 aromatic rings. The normalized spacial score (nSPS) is 25.1. The summed E-state index contributed by atoms with van der Waals surface area (Å²) < 4.78 is 0. The van der Waals surface area contributed by atoms with Gasteiger partial charge in [-0.15, -0.1) is 0 Å². The highest BCUT2D eigenvalue weighted by Crippen LogP contribution is 2.34. The van der Waals surface area contributed by atoms with E-state index in [4.69, 9.17) is 0 Å². The van der Waals surface area contributed by atoms with Crippen LogP contribution in [0.4, 0.5) is 0 Å². The predicted molar refractivity (Wildman–Crippen MR) is 124 cm³/mol. The number of rotatable bonds is 6. The lowest BCUT2D eigenvalue weighted by atomic mass is 9.79. The van der Waals surface area contributed by atoms with Gasteiger partial charge >= 0.3 is 0 Å². The third kappa shape index (κ3) is 6.45. The second-order valence-electron chi connectivity index (χ2n) is 8.75. The highest BCUT2D eigenvalue weighted by atomic mass is 15.3. The lowest BCUT2D eigenvalue weighted by Gasteiger charge is -2.40. The molecule has 1 aromatic carbocycles. The van der Waals surface area contributed by atoms with E-state index in [0.717, 1.165) is 25.6 Å². The first kappa shape index (κ1) is 22.1. The van der Waals surface area contributed by atoms with Crippen molar-refractivity contribution in [1.29, 1.82) is 0 Å². The van der Waals surface area contributed by atoms with Crippen molar-refractivity contribution in [3.63, 3.8) is 0 Å². The largest absolute Gasteiger partial charge is 0.356 e. The van der Waals surface area contributed by atoms with Crippen LogP contribution in [0.15, 0.2) is 35.3 Å². The van der Waals surface area contributed by atoms with Crippen LogP contribution < -0.4 is 5.32 Å². The molecular weight excluding hydrogens is 358 g/mol. The third-order valence-corrected chi connectivity index (χ3v) is 6.74. The summed E-state index contributed by atoms with van der Waals surface area (Å²) in [7, 11) is 4.16. The van der Waals surface area contributed by atoms with Gasteiger partial charge < -0.3 is 20.0 Å². The lowest BCUT2D eigenvalue weighted by molar-refractivity contribution is 0.215. The molecule has 29 heavy (non-hydrogen) atoms. The van der Waals surface area contributed by atoms with E-state index >= 15 is 0 Å². The maximum absolute atomic E-state index is 4.60. The van der Waals surface area contributed by atoms with Crippen LogP contribution in [-0.4, -0.2) is 87.1 Å². The van der Waals surface area contributed by atoms with Crippen molar-refractivity contribution in [2.45, 2.75) is 38.5 Å². The molecule has 5 nitrogen and oxygen atoms in total. The van der Waals surface area contributed by atoms with Crippen molar-refractivity contribution in [2.24, 2.45) is 10.9 Å². The van der Waals surface area contributed by atoms with E-state index in [0.29, 0.717) is 11.8 Å². The molecule has 0 aliphatic carbocycles. The maximum Gasteiger partial charge on any atom is 0.193 e. The molecule has 0 bridgehead atoms. The van der Waals surface area contributed by atoms with E-state index in [1.165, 1.54) is 64.0 Å². The third-order valence-electron chi connectivity index (χ3n) is 6.74. The van der Waals surface area contributed by atoms with Gasteiger partial charge in [0.15, 0.2) is 5.96 Å². The Balaban J connectivity index is 1.44. The molecule has 5 heteroatoms. The Hall–Kier alpha value is -1.59. The van der Waals surface area contributed by atoms with Crippen molar-refractivity contribution in [3.8, 4) is 0 Å². The Morgan fingerprint density at radius 1 is 1.10 bits per heavy atom. The standard InChI is InChI=1S/C24H41N5/c1-4-21-20-29(17-12-23(21)22-10-6-5-7-11-22)24(25-2)26-13-8-15-28-16-9-14-27(3)18-19-28/h5-7,10-11,21,23H,4,8-9,12-20H2,1-3H3,(H,25,26). The Morgan fingerprint density at radius 3 is 2.69 bits per heavy atom. The van der Waals surface area contributed by atoms with E-state index in [9.17, 15) is 0 Å². The molecule has 2 aliphatic rings. The van der Waals surface area contributed by atoms with Crippen molar-refractivity contribution in [1.82, 2.24) is 20.0 Å². The number of nitrogens with one attached hydrogen (secondary N) is 1. The summed E-state index contributed by atoms with van der Waals surface area (Å²) in [6, 6.07) is 11.1. The van der Waals surface area contributed by atoms with Crippen LogP contribution in [0.3, 0.4) is 0 Å². The van der Waals surface area contributed by atoms with E-state index in [1.54, 1.807) is 0 Å². The fourth-order valence-electron chi connectivity index (χ4n) is 4.94. The minimum Gasteiger partial charge on any atom is -0.356 e. The van der Waals surface area contributed by atoms with Crippen LogP contribution in [0.2, 0.25) is 0 Å². The number of likely N-dealkylation sites (N-methyl/N-ethyl adjacent to an activating group) is 1. The first-order valence-corrected chi connectivity index (χ1v) is 11.6. The van der Waals surface area contributed by atoms with Crippen molar-refractivity contribution >= 4 is 5.96 Å². The summed E-state index contributed by atoms with van der Waals surface area (Å²) >= 11 is 0. The molecular formula is C24H41N5. The van der Waals surface area contributed by atoms with Crippen LogP contribution in [0.25, 0.3) is 0 Å². The van der Waals surface area contributed by atoms with Gasteiger partial charge in [0.1, 0.15) is 0 Å². The van der Waals surface area contributed by atoms with Gasteiger partial charge in [0.2, 0.25) is 0 Å². The summed E-state index contributed by atoms with van der Waals surface area (Å²) in [6.45, 7) is 11.6. The van der Waals surface area contributed by atoms with Gasteiger partial charge in [0.05, 0.1) is 0 Å². The Morgan fingerprint density at radius 2 is 1.93 bits per heavy atom. The molecule has 2 saturated heterocycles. The van der Waals surface area contributed by atoms with Crippen LogP contribution in [0, 0.1) is 5.92 Å². The molecule has 2 fully saturated rings. The molecule has 1 N–H and O–H groups in total. The number of nitrogens with zero attached hydrogens (tertiary/aromatic N) is 4. The first-order chi connectivity index (χ1) is 14.2. The number of likely N-dealkylation sites (tertiary alicyclic amines) is 1. The summed E-state index contributed by atoms with van der Waals surface area (Å²) in [4.78, 5) is 12.1. The Labute approximate surface area is 178 Å². The van der Waals surface area contributed by atoms with Gasteiger partial charge in [-0.05, 0) is 63.3 Å². The second-order valence-corrected chi connectivity index (χ2v) is 8.75. The van der Waals surface area contributed by atoms with Crippen molar-refractivity contribution < 1.29 is 0 Å². The van der Waals surface area contributed by atoms with Crippen LogP contribution >= 0.6 is 0 Å². The van der Waals surface area contributed by atoms with Crippen LogP contribution in [0.5, 0.6) is 0 Å². The van der Waals surface area contributed by atoms with Gasteiger partial charge in [-0.3, -0.25) is 4.99 Å². The summed E-state index contributed by atoms with van der Waals surface area (Å²) in [6.07, 6.45) is 4.90. The molecule has 2 heterocycles. The minimum absolute atomic E-state index is 0.678. The second kappa shape index (κ2) is 11.6. The minimum atomic E-state index is 0.678. The molecule has 2 atom stereocenters. The van der Waals surface area contributed by atoms with Crippen LogP contribution in [-0.2, 0) is 0 Å². The van der Waals surface area contributed by atoms with Crippen molar-refractivity contribution in [2.75, 3.05) is 66.5 Å². The van der Waals surface area contributed by atoms with Gasteiger partial charge in [-0.25, -0.2) is 0 Å². The molecule has 2 aliphatic heterocycles. The Kier molecular flexibility index (Phi) is 8.81. The van der Waals surface area contributed by atoms with Crippen molar-refractivity contribution in [3.05, 3.63) is 35.9 Å². The smallest absolute Gasteiger partial charge is 0.193 e. The molecule has 0 saturated carbocycles. The van der Waals surface area contributed by atoms with E-state index in [-0.39, 0.29) is 0 Å². The quantitative estimate of drug-likeness (QED) is 0.453. The van der Waals surface area contributed by atoms with Gasteiger partial charge in [0.25, 0.3) is 0 Å². The summed E-state index contributed by atoms with van der Waals surface area (Å²) in [5.41, 5.74) is 1.50. The van der Waals surface area contributed by atoms with E-state index < -0.39 is 0 Å². The summed E-state index contributed by atoms with van der Waals surface area (Å²) in [5, 5.41) is 3.64. The number of benzene rings is 1. The lowest BCUT2D eigenvalue weighted by Crippen LogP contribution is -2.48. The topological polar surface area (TPSA) is 34.1 Å². The number of aliphatic imine (C=N–C) groups is 1. The number of guanidine groups is 1. The summed E-state index contributed by atoms with van der Waals surface area (Å²) in [5.74, 6) is 2.46. The predicted octanol–water partition coefficient (Wildman–Crippen LogP) is 3.11. The molecule has 0 amide bonds. The van der Waals surface area contributed by atoms with E-state index in [1.807, 2.05) is 7.05 Å². The average molecular weight is 400 g/mol. The number of piperidine rings is 1. The highest BCUT2D eigenvalue weighted by Gasteiger charge is 2.30. The zero-order chi connectivity index (χ0) is 20.5. The zero-order valence-electron chi connectivity index (χ0n) is 18.8. The highest BCUT2D eigenvalue weighted by molar-refractivity contribution is 5.80. The molecule has 0 aromatic heterocycles. The fraction of sp³-hybridized carbons (Fsp3) is 0.708. The van der Waals surface area contributed by atoms with Gasteiger partial charge in [0, 0.05) is 39.8 Å². The first-order valence-electron chi connectivity index (χ1n) is 11.6. The molecule has 0 spiro atoms. The molecule has 3 rings (SSSR count). The Bertz CT molecular complexity index is 617. The molecule has 2 unspecified atom stereocenters. The monoisotopic (exact) mass is 399 g/mol. The van der Waals surface area contributed by atoms with E-state index in [2.05, 4.69) is 69.3 Å². The van der Waals surface area contributed by atoms with Crippen LogP contribution in [0.1, 0.15) is 44.1 Å². The molecule has 162 valence electrons. The average Bonchev–Trinajstić information content (AvgIpc) is 2.98. The maximum atomic E-state index is 4.60. The zero-order valence-corrected chi connectivity index (χ0v) is 18.8.